The number of aromatic nitrogens is 3. The molecule has 1 atom stereocenters. The van der Waals surface area contributed by atoms with E-state index in [-0.39, 0.29) is 0 Å². The second-order valence-corrected chi connectivity index (χ2v) is 3.98. The fraction of sp³-hybridized carbons (Fsp3) is 0.273. The van der Waals surface area contributed by atoms with Gasteiger partial charge < -0.3 is 10.4 Å². The summed E-state index contributed by atoms with van der Waals surface area (Å²) in [6.07, 6.45) is 1.37. The van der Waals surface area contributed by atoms with E-state index in [4.69, 9.17) is 5.11 Å². The summed E-state index contributed by atoms with van der Waals surface area (Å²) in [5.74, 6) is -1.56. The second-order valence-electron chi connectivity index (χ2n) is 3.98. The number of rotatable bonds is 3. The van der Waals surface area contributed by atoms with Crippen LogP contribution in [0.4, 0.5) is 0 Å². The van der Waals surface area contributed by atoms with E-state index < -0.39 is 17.9 Å². The lowest BCUT2D eigenvalue weighted by molar-refractivity contribution is -0.138. The molecular formula is C11H12N4O3. The van der Waals surface area contributed by atoms with Crippen LogP contribution in [-0.2, 0) is 4.79 Å². The molecule has 1 amide bonds. The maximum atomic E-state index is 11.8. The normalized spacial score (nSPS) is 12.3. The molecule has 0 bridgehead atoms. The van der Waals surface area contributed by atoms with Crippen LogP contribution in [0.15, 0.2) is 12.3 Å². The van der Waals surface area contributed by atoms with E-state index in [1.54, 1.807) is 6.07 Å². The van der Waals surface area contributed by atoms with Gasteiger partial charge in [0, 0.05) is 17.3 Å². The van der Waals surface area contributed by atoms with Crippen LogP contribution in [0.2, 0.25) is 0 Å². The van der Waals surface area contributed by atoms with Gasteiger partial charge >= 0.3 is 5.97 Å². The lowest BCUT2D eigenvalue weighted by Gasteiger charge is -2.08. The third-order valence-corrected chi connectivity index (χ3v) is 2.58. The van der Waals surface area contributed by atoms with E-state index in [0.717, 1.165) is 11.1 Å². The Kier molecular flexibility index (Phi) is 2.97. The molecule has 7 nitrogen and oxygen atoms in total. The van der Waals surface area contributed by atoms with Crippen molar-refractivity contribution in [3.05, 3.63) is 23.5 Å². The number of hydrogen-bond acceptors (Lipinski definition) is 4. The maximum absolute atomic E-state index is 11.8. The van der Waals surface area contributed by atoms with E-state index in [1.165, 1.54) is 13.1 Å². The molecule has 0 aliphatic heterocycles. The van der Waals surface area contributed by atoms with Gasteiger partial charge in [-0.05, 0) is 19.9 Å². The van der Waals surface area contributed by atoms with Crippen LogP contribution in [0, 0.1) is 6.92 Å². The van der Waals surface area contributed by atoms with Crippen LogP contribution in [0.25, 0.3) is 11.0 Å². The molecule has 2 rings (SSSR count). The Hall–Kier alpha value is -2.44. The summed E-state index contributed by atoms with van der Waals surface area (Å²) < 4.78 is 0. The van der Waals surface area contributed by atoms with Gasteiger partial charge in [0.25, 0.3) is 5.91 Å². The molecule has 94 valence electrons. The number of hydrogen-bond donors (Lipinski definition) is 3. The van der Waals surface area contributed by atoms with Gasteiger partial charge in [0.05, 0.1) is 5.56 Å². The van der Waals surface area contributed by atoms with Gasteiger partial charge in [0.15, 0.2) is 5.65 Å². The largest absolute Gasteiger partial charge is 0.480 e. The van der Waals surface area contributed by atoms with Crippen LogP contribution in [0.1, 0.15) is 23.0 Å². The first kappa shape index (κ1) is 12.0. The molecule has 0 aliphatic rings. The van der Waals surface area contributed by atoms with Crippen molar-refractivity contribution in [2.75, 3.05) is 0 Å². The number of nitrogens with zero attached hydrogens (tertiary/aromatic N) is 2. The molecule has 0 spiro atoms. The van der Waals surface area contributed by atoms with E-state index in [2.05, 4.69) is 20.5 Å². The molecular weight excluding hydrogens is 236 g/mol. The van der Waals surface area contributed by atoms with Crippen molar-refractivity contribution in [2.45, 2.75) is 19.9 Å². The number of nitrogens with one attached hydrogen (secondary N) is 2. The highest BCUT2D eigenvalue weighted by molar-refractivity contribution is 5.98. The molecule has 2 aromatic rings. The third kappa shape index (κ3) is 2.15. The summed E-state index contributed by atoms with van der Waals surface area (Å²) >= 11 is 0. The first-order chi connectivity index (χ1) is 8.49. The summed E-state index contributed by atoms with van der Waals surface area (Å²) in [7, 11) is 0. The smallest absolute Gasteiger partial charge is 0.325 e. The van der Waals surface area contributed by atoms with Crippen molar-refractivity contribution in [3.63, 3.8) is 0 Å². The Morgan fingerprint density at radius 1 is 1.50 bits per heavy atom. The van der Waals surface area contributed by atoms with Crippen molar-refractivity contribution < 1.29 is 14.7 Å². The average molecular weight is 248 g/mol. The van der Waals surface area contributed by atoms with Crippen molar-refractivity contribution in [1.82, 2.24) is 20.5 Å². The van der Waals surface area contributed by atoms with Gasteiger partial charge in [0.1, 0.15) is 6.04 Å². The quantitative estimate of drug-likeness (QED) is 0.731. The van der Waals surface area contributed by atoms with E-state index >= 15 is 0 Å². The Morgan fingerprint density at radius 2 is 2.22 bits per heavy atom. The van der Waals surface area contributed by atoms with Gasteiger partial charge in [-0.1, -0.05) is 0 Å². The van der Waals surface area contributed by atoms with E-state index in [9.17, 15) is 9.59 Å². The van der Waals surface area contributed by atoms with Crippen LogP contribution < -0.4 is 5.32 Å². The van der Waals surface area contributed by atoms with Gasteiger partial charge in [-0.15, -0.1) is 0 Å². The molecule has 2 aromatic heterocycles. The number of carbonyl (C=O) groups is 2. The fourth-order valence-electron chi connectivity index (χ4n) is 1.49. The fourth-order valence-corrected chi connectivity index (χ4v) is 1.49. The Labute approximate surface area is 102 Å². The Balaban J connectivity index is 2.27. The zero-order valence-electron chi connectivity index (χ0n) is 9.89. The highest BCUT2D eigenvalue weighted by atomic mass is 16.4. The average Bonchev–Trinajstić information content (AvgIpc) is 2.70. The van der Waals surface area contributed by atoms with Crippen molar-refractivity contribution >= 4 is 22.9 Å². The SMILES string of the molecule is Cc1[nH]nc2ncc(C(=O)N[C@@H](C)C(=O)O)cc12. The summed E-state index contributed by atoms with van der Waals surface area (Å²) in [5.41, 5.74) is 1.63. The van der Waals surface area contributed by atoms with E-state index in [1.807, 2.05) is 6.92 Å². The van der Waals surface area contributed by atoms with Crippen LogP contribution >= 0.6 is 0 Å². The Morgan fingerprint density at radius 3 is 2.89 bits per heavy atom. The molecule has 0 radical (unpaired) electrons. The molecule has 0 aromatic carbocycles. The zero-order chi connectivity index (χ0) is 13.3. The van der Waals surface area contributed by atoms with Gasteiger partial charge in [-0.2, -0.15) is 5.10 Å². The number of fused-ring (bicyclic) bond motifs is 1. The maximum Gasteiger partial charge on any atom is 0.325 e. The lowest BCUT2D eigenvalue weighted by Crippen LogP contribution is -2.38. The number of aryl methyl sites for hydroxylation is 1. The summed E-state index contributed by atoms with van der Waals surface area (Å²) in [5, 5.41) is 18.5. The van der Waals surface area contributed by atoms with E-state index in [0.29, 0.717) is 11.2 Å². The highest BCUT2D eigenvalue weighted by Crippen LogP contribution is 2.14. The number of carboxylic acid groups (broad SMARTS) is 1. The summed E-state index contributed by atoms with van der Waals surface area (Å²) in [6, 6.07) is 0.684. The highest BCUT2D eigenvalue weighted by Gasteiger charge is 2.16. The molecule has 0 fully saturated rings. The van der Waals surface area contributed by atoms with Crippen LogP contribution in [0.5, 0.6) is 0 Å². The summed E-state index contributed by atoms with van der Waals surface area (Å²) in [6.45, 7) is 3.22. The topological polar surface area (TPSA) is 108 Å². The number of carboxylic acids is 1. The number of aromatic amines is 1. The first-order valence-electron chi connectivity index (χ1n) is 5.33. The number of H-pyrrole nitrogens is 1. The molecule has 0 aliphatic carbocycles. The van der Waals surface area contributed by atoms with Crippen LogP contribution in [-0.4, -0.2) is 38.2 Å². The molecule has 0 unspecified atom stereocenters. The van der Waals surface area contributed by atoms with Crippen molar-refractivity contribution in [3.8, 4) is 0 Å². The molecule has 2 heterocycles. The van der Waals surface area contributed by atoms with Gasteiger partial charge in [0.2, 0.25) is 0 Å². The molecule has 7 heteroatoms. The molecule has 3 N–H and O–H groups in total. The lowest BCUT2D eigenvalue weighted by atomic mass is 10.2. The first-order valence-corrected chi connectivity index (χ1v) is 5.33. The number of amides is 1. The molecule has 0 saturated heterocycles. The van der Waals surface area contributed by atoms with Crippen LogP contribution in [0.3, 0.4) is 0 Å². The number of pyridine rings is 1. The standard InChI is InChI=1S/C11H12N4O3/c1-5-8-3-7(4-12-9(8)15-14-5)10(16)13-6(2)11(17)18/h3-4,6H,1-2H3,(H,13,16)(H,17,18)(H,12,14,15)/t6-/m0/s1. The van der Waals surface area contributed by atoms with Gasteiger partial charge in [-0.3, -0.25) is 14.7 Å². The minimum Gasteiger partial charge on any atom is -0.480 e. The molecule has 0 saturated carbocycles. The van der Waals surface area contributed by atoms with Crippen molar-refractivity contribution in [2.24, 2.45) is 0 Å². The predicted octanol–water partition coefficient (Wildman–Crippen LogP) is 0.469. The zero-order valence-corrected chi connectivity index (χ0v) is 9.89. The minimum atomic E-state index is -1.09. The monoisotopic (exact) mass is 248 g/mol. The second kappa shape index (κ2) is 4.44. The minimum absolute atomic E-state index is 0.306. The molecule has 18 heavy (non-hydrogen) atoms. The predicted molar refractivity (Wildman–Crippen MR) is 63.2 cm³/mol. The number of carbonyl (C=O) groups excluding carboxylic acids is 1. The van der Waals surface area contributed by atoms with Crippen molar-refractivity contribution in [1.29, 1.82) is 0 Å². The summed E-state index contributed by atoms with van der Waals surface area (Å²) in [4.78, 5) is 26.5. The van der Waals surface area contributed by atoms with Gasteiger partial charge in [-0.25, -0.2) is 4.98 Å². The Bertz CT molecular complexity index is 620. The third-order valence-electron chi connectivity index (χ3n) is 2.58. The number of aliphatic carboxylic acids is 1.